The Hall–Kier alpha value is -0.870. The highest BCUT2D eigenvalue weighted by atomic mass is 35.5. The van der Waals surface area contributed by atoms with Gasteiger partial charge in [-0.25, -0.2) is 0 Å². The van der Waals surface area contributed by atoms with Gasteiger partial charge >= 0.3 is 5.97 Å². The number of hydrogen-bond donors (Lipinski definition) is 0. The molecule has 0 aliphatic heterocycles. The number of benzene rings is 1. The molecule has 2 unspecified atom stereocenters. The minimum Gasteiger partial charge on any atom is -0.466 e. The zero-order chi connectivity index (χ0) is 12.8. The van der Waals surface area contributed by atoms with Crippen molar-refractivity contribution in [2.45, 2.75) is 18.7 Å². The molecule has 0 N–H and O–H groups in total. The Morgan fingerprint density at radius 1 is 1.41 bits per heavy atom. The van der Waals surface area contributed by atoms with Crippen LogP contribution in [0, 0.1) is 5.92 Å². The molecule has 0 radical (unpaired) electrons. The molecule has 0 saturated heterocycles. The maximum atomic E-state index is 11.9. The summed E-state index contributed by atoms with van der Waals surface area (Å²) in [6.45, 7) is 3.81. The fraction of sp³-hybridized carbons (Fsp3) is 0.417. The molecule has 5 heteroatoms. The summed E-state index contributed by atoms with van der Waals surface area (Å²) in [5.74, 6) is -0.415. The highest BCUT2D eigenvalue weighted by Crippen LogP contribution is 2.15. The van der Waals surface area contributed by atoms with E-state index in [2.05, 4.69) is 0 Å². The molecule has 0 amide bonds. The summed E-state index contributed by atoms with van der Waals surface area (Å²) < 4.78 is 16.8. The van der Waals surface area contributed by atoms with E-state index in [0.29, 0.717) is 16.5 Å². The molecule has 3 nitrogen and oxygen atoms in total. The maximum absolute atomic E-state index is 11.9. The predicted octanol–water partition coefficient (Wildman–Crippen LogP) is 2.65. The van der Waals surface area contributed by atoms with Crippen molar-refractivity contribution in [2.75, 3.05) is 12.4 Å². The van der Waals surface area contributed by atoms with Gasteiger partial charge in [-0.2, -0.15) is 0 Å². The van der Waals surface area contributed by atoms with Crippen molar-refractivity contribution in [3.8, 4) is 0 Å². The van der Waals surface area contributed by atoms with Crippen molar-refractivity contribution in [1.29, 1.82) is 0 Å². The molecule has 0 fully saturated rings. The monoisotopic (exact) mass is 274 g/mol. The predicted molar refractivity (Wildman–Crippen MR) is 68.5 cm³/mol. The van der Waals surface area contributed by atoms with Crippen LogP contribution in [0.5, 0.6) is 0 Å². The van der Waals surface area contributed by atoms with Gasteiger partial charge in [-0.3, -0.25) is 9.00 Å². The fourth-order valence-electron chi connectivity index (χ4n) is 1.26. The van der Waals surface area contributed by atoms with Gasteiger partial charge in [-0.15, -0.1) is 0 Å². The van der Waals surface area contributed by atoms with E-state index in [-0.39, 0.29) is 17.6 Å². The summed E-state index contributed by atoms with van der Waals surface area (Å²) in [5.41, 5.74) is 0. The van der Waals surface area contributed by atoms with Crippen LogP contribution < -0.4 is 0 Å². The molecule has 0 aromatic heterocycles. The highest BCUT2D eigenvalue weighted by Gasteiger charge is 2.18. The molecule has 0 heterocycles. The van der Waals surface area contributed by atoms with Gasteiger partial charge in [0.1, 0.15) is 0 Å². The van der Waals surface area contributed by atoms with Crippen molar-refractivity contribution in [1.82, 2.24) is 0 Å². The average molecular weight is 275 g/mol. The third kappa shape index (κ3) is 4.48. The molecule has 1 aromatic carbocycles. The van der Waals surface area contributed by atoms with Gasteiger partial charge in [0.2, 0.25) is 0 Å². The average Bonchev–Trinajstić information content (AvgIpc) is 2.30. The standard InChI is InChI=1S/C12H15ClO3S/c1-3-16-12(14)9(2)8-17(15)11-6-4-10(13)5-7-11/h4-7,9H,3,8H2,1-2H3. The fourth-order valence-corrected chi connectivity index (χ4v) is 2.61. The second-order valence-electron chi connectivity index (χ2n) is 3.62. The third-order valence-electron chi connectivity index (χ3n) is 2.17. The summed E-state index contributed by atoms with van der Waals surface area (Å²) >= 11 is 5.74. The Balaban J connectivity index is 2.60. The van der Waals surface area contributed by atoms with E-state index < -0.39 is 10.8 Å². The molecule has 0 saturated carbocycles. The van der Waals surface area contributed by atoms with Gasteiger partial charge in [-0.05, 0) is 31.2 Å². The van der Waals surface area contributed by atoms with Gasteiger partial charge in [0.25, 0.3) is 0 Å². The molecule has 2 atom stereocenters. The second-order valence-corrected chi connectivity index (χ2v) is 5.55. The SMILES string of the molecule is CCOC(=O)C(C)CS(=O)c1ccc(Cl)cc1. The molecule has 0 bridgehead atoms. The van der Waals surface area contributed by atoms with Crippen molar-refractivity contribution in [2.24, 2.45) is 5.92 Å². The summed E-state index contributed by atoms with van der Waals surface area (Å²) in [6.07, 6.45) is 0. The van der Waals surface area contributed by atoms with Crippen LogP contribution in [0.2, 0.25) is 5.02 Å². The van der Waals surface area contributed by atoms with Crippen molar-refractivity contribution < 1.29 is 13.7 Å². The quantitative estimate of drug-likeness (QED) is 0.776. The molecule has 17 heavy (non-hydrogen) atoms. The summed E-state index contributed by atoms with van der Waals surface area (Å²) in [4.78, 5) is 12.1. The molecule has 1 rings (SSSR count). The van der Waals surface area contributed by atoms with E-state index >= 15 is 0 Å². The molecule has 1 aromatic rings. The van der Waals surface area contributed by atoms with Crippen LogP contribution in [0.25, 0.3) is 0 Å². The van der Waals surface area contributed by atoms with Crippen LogP contribution in [0.4, 0.5) is 0 Å². The zero-order valence-electron chi connectivity index (χ0n) is 9.81. The number of esters is 1. The van der Waals surface area contributed by atoms with Crippen LogP contribution in [0.15, 0.2) is 29.2 Å². The summed E-state index contributed by atoms with van der Waals surface area (Å²) in [6, 6.07) is 6.78. The smallest absolute Gasteiger partial charge is 0.309 e. The first-order valence-corrected chi connectivity index (χ1v) is 7.05. The highest BCUT2D eigenvalue weighted by molar-refractivity contribution is 7.85. The zero-order valence-corrected chi connectivity index (χ0v) is 11.4. The molecule has 0 spiro atoms. The first-order chi connectivity index (χ1) is 8.04. The van der Waals surface area contributed by atoms with Crippen LogP contribution >= 0.6 is 11.6 Å². The van der Waals surface area contributed by atoms with Crippen molar-refractivity contribution >= 4 is 28.4 Å². The Morgan fingerprint density at radius 2 is 2.00 bits per heavy atom. The Labute approximate surface area is 109 Å². The lowest BCUT2D eigenvalue weighted by Gasteiger charge is -2.10. The van der Waals surface area contributed by atoms with E-state index in [4.69, 9.17) is 16.3 Å². The van der Waals surface area contributed by atoms with E-state index in [1.807, 2.05) is 0 Å². The largest absolute Gasteiger partial charge is 0.466 e. The first kappa shape index (κ1) is 14.2. The number of halogens is 1. The van der Waals surface area contributed by atoms with Crippen molar-refractivity contribution in [3.05, 3.63) is 29.3 Å². The number of carbonyl (C=O) groups is 1. The van der Waals surface area contributed by atoms with Gasteiger partial charge in [-0.1, -0.05) is 18.5 Å². The molecular formula is C12H15ClO3S. The molecule has 0 aliphatic carbocycles. The lowest BCUT2D eigenvalue weighted by molar-refractivity contribution is -0.146. The second kappa shape index (κ2) is 6.77. The number of rotatable bonds is 5. The van der Waals surface area contributed by atoms with Crippen LogP contribution in [0.3, 0.4) is 0 Å². The van der Waals surface area contributed by atoms with Crippen molar-refractivity contribution in [3.63, 3.8) is 0 Å². The van der Waals surface area contributed by atoms with Gasteiger partial charge in [0.15, 0.2) is 0 Å². The maximum Gasteiger partial charge on any atom is 0.309 e. The van der Waals surface area contributed by atoms with Crippen LogP contribution in [-0.2, 0) is 20.3 Å². The van der Waals surface area contributed by atoms with E-state index in [9.17, 15) is 9.00 Å². The molecule has 94 valence electrons. The topological polar surface area (TPSA) is 43.4 Å². The molecular weight excluding hydrogens is 260 g/mol. The summed E-state index contributed by atoms with van der Waals surface area (Å²) in [7, 11) is -1.21. The Bertz CT molecular complexity index is 403. The number of carbonyl (C=O) groups excluding carboxylic acids is 1. The molecule has 0 aliphatic rings. The van der Waals surface area contributed by atoms with Gasteiger partial charge < -0.3 is 4.74 Å². The summed E-state index contributed by atoms with van der Waals surface area (Å²) in [5, 5.41) is 0.601. The lowest BCUT2D eigenvalue weighted by atomic mass is 10.2. The van der Waals surface area contributed by atoms with E-state index in [0.717, 1.165) is 0 Å². The van der Waals surface area contributed by atoms with Crippen LogP contribution in [-0.4, -0.2) is 22.5 Å². The third-order valence-corrected chi connectivity index (χ3v) is 4.02. The Morgan fingerprint density at radius 3 is 2.53 bits per heavy atom. The van der Waals surface area contributed by atoms with Crippen LogP contribution in [0.1, 0.15) is 13.8 Å². The number of ether oxygens (including phenoxy) is 1. The lowest BCUT2D eigenvalue weighted by Crippen LogP contribution is -2.20. The van der Waals surface area contributed by atoms with Gasteiger partial charge in [0.05, 0.1) is 23.3 Å². The number of hydrogen-bond acceptors (Lipinski definition) is 3. The van der Waals surface area contributed by atoms with E-state index in [1.54, 1.807) is 38.1 Å². The van der Waals surface area contributed by atoms with Gasteiger partial charge in [0, 0.05) is 15.7 Å². The minimum absolute atomic E-state index is 0.264. The first-order valence-electron chi connectivity index (χ1n) is 5.35. The normalized spacial score (nSPS) is 14.1. The van der Waals surface area contributed by atoms with E-state index in [1.165, 1.54) is 0 Å². The Kier molecular flexibility index (Phi) is 5.65. The minimum atomic E-state index is -1.21.